The van der Waals surface area contributed by atoms with Crippen molar-refractivity contribution in [2.45, 2.75) is 38.8 Å². The fourth-order valence-corrected chi connectivity index (χ4v) is 1.91. The fourth-order valence-electron chi connectivity index (χ4n) is 1.91. The smallest absolute Gasteiger partial charge is 0.209 e. The van der Waals surface area contributed by atoms with Crippen LogP contribution in [0.5, 0.6) is 0 Å². The predicted octanol–water partition coefficient (Wildman–Crippen LogP) is 1.65. The zero-order valence-electron chi connectivity index (χ0n) is 8.98. The molecule has 82 valence electrons. The van der Waals surface area contributed by atoms with Crippen molar-refractivity contribution in [3.05, 3.63) is 18.0 Å². The zero-order valence-corrected chi connectivity index (χ0v) is 8.98. The topological polar surface area (TPSA) is 44.1 Å². The maximum Gasteiger partial charge on any atom is 0.209 e. The molecule has 0 aliphatic carbocycles. The lowest BCUT2D eigenvalue weighted by Gasteiger charge is -2.21. The van der Waals surface area contributed by atoms with E-state index in [4.69, 9.17) is 4.74 Å². The van der Waals surface area contributed by atoms with E-state index in [-0.39, 0.29) is 11.9 Å². The Bertz CT molecular complexity index is 340. The highest BCUT2D eigenvalue weighted by Crippen LogP contribution is 2.17. The van der Waals surface area contributed by atoms with Gasteiger partial charge in [-0.1, -0.05) is 0 Å². The Morgan fingerprint density at radius 3 is 3.20 bits per heavy atom. The van der Waals surface area contributed by atoms with Gasteiger partial charge in [-0.3, -0.25) is 9.48 Å². The number of ether oxygens (including phenoxy) is 1. The van der Waals surface area contributed by atoms with Crippen LogP contribution in [0.15, 0.2) is 12.3 Å². The summed E-state index contributed by atoms with van der Waals surface area (Å²) in [5.41, 5.74) is 0.671. The Morgan fingerprint density at radius 2 is 2.53 bits per heavy atom. The summed E-state index contributed by atoms with van der Waals surface area (Å²) in [5.74, 6) is 0.0778. The van der Waals surface area contributed by atoms with E-state index >= 15 is 0 Å². The number of hydrogen-bond donors (Lipinski definition) is 0. The minimum Gasteiger partial charge on any atom is -0.370 e. The molecular weight excluding hydrogens is 192 g/mol. The number of Topliss-reactive ketones (excluding diaryl/α,β-unsaturated/α-hetero) is 1. The standard InChI is InChI=1S/C11H16N2O2/c1-2-13-9(6-7-12-13)11(14)10-5-3-4-8-15-10/h6-7,10H,2-5,8H2,1H3. The lowest BCUT2D eigenvalue weighted by molar-refractivity contribution is 0.0179. The van der Waals surface area contributed by atoms with Crippen LogP contribution < -0.4 is 0 Å². The van der Waals surface area contributed by atoms with E-state index in [9.17, 15) is 4.79 Å². The van der Waals surface area contributed by atoms with Gasteiger partial charge in [0.25, 0.3) is 0 Å². The van der Waals surface area contributed by atoms with Gasteiger partial charge < -0.3 is 4.74 Å². The van der Waals surface area contributed by atoms with Gasteiger partial charge in [0, 0.05) is 19.3 Å². The Morgan fingerprint density at radius 1 is 1.67 bits per heavy atom. The molecule has 1 saturated heterocycles. The molecule has 1 aromatic rings. The van der Waals surface area contributed by atoms with Crippen molar-refractivity contribution in [2.75, 3.05) is 6.61 Å². The van der Waals surface area contributed by atoms with E-state index in [1.807, 2.05) is 6.92 Å². The van der Waals surface area contributed by atoms with Crippen LogP contribution in [0.25, 0.3) is 0 Å². The molecule has 1 aliphatic heterocycles. The number of aryl methyl sites for hydroxylation is 1. The van der Waals surface area contributed by atoms with Gasteiger partial charge in [0.1, 0.15) is 11.8 Å². The van der Waals surface area contributed by atoms with E-state index in [0.29, 0.717) is 12.3 Å². The van der Waals surface area contributed by atoms with Crippen molar-refractivity contribution in [3.63, 3.8) is 0 Å². The highest BCUT2D eigenvalue weighted by atomic mass is 16.5. The first-order chi connectivity index (χ1) is 7.33. The molecule has 2 heterocycles. The summed E-state index contributed by atoms with van der Waals surface area (Å²) in [7, 11) is 0. The summed E-state index contributed by atoms with van der Waals surface area (Å²) >= 11 is 0. The van der Waals surface area contributed by atoms with Gasteiger partial charge in [-0.25, -0.2) is 0 Å². The number of rotatable bonds is 3. The van der Waals surface area contributed by atoms with Gasteiger partial charge in [0.15, 0.2) is 0 Å². The molecule has 0 N–H and O–H groups in total. The molecule has 0 bridgehead atoms. The highest BCUT2D eigenvalue weighted by Gasteiger charge is 2.25. The maximum absolute atomic E-state index is 12.1. The molecule has 1 fully saturated rings. The van der Waals surface area contributed by atoms with Crippen molar-refractivity contribution in [3.8, 4) is 0 Å². The normalized spacial score (nSPS) is 21.5. The van der Waals surface area contributed by atoms with Gasteiger partial charge in [-0.2, -0.15) is 5.10 Å². The summed E-state index contributed by atoms with van der Waals surface area (Å²) in [4.78, 5) is 12.1. The predicted molar refractivity (Wildman–Crippen MR) is 55.8 cm³/mol. The summed E-state index contributed by atoms with van der Waals surface area (Å²) in [6, 6.07) is 1.77. The second-order valence-corrected chi connectivity index (χ2v) is 3.75. The van der Waals surface area contributed by atoms with Crippen LogP contribution in [-0.2, 0) is 11.3 Å². The lowest BCUT2D eigenvalue weighted by atomic mass is 10.0. The van der Waals surface area contributed by atoms with Crippen molar-refractivity contribution in [2.24, 2.45) is 0 Å². The van der Waals surface area contributed by atoms with Crippen LogP contribution >= 0.6 is 0 Å². The van der Waals surface area contributed by atoms with E-state index in [1.165, 1.54) is 0 Å². The Balaban J connectivity index is 2.12. The second kappa shape index (κ2) is 4.57. The molecule has 0 aromatic carbocycles. The zero-order chi connectivity index (χ0) is 10.7. The van der Waals surface area contributed by atoms with Gasteiger partial charge in [0.05, 0.1) is 0 Å². The molecule has 0 radical (unpaired) electrons. The number of ketones is 1. The minimum absolute atomic E-state index is 0.0778. The highest BCUT2D eigenvalue weighted by molar-refractivity contribution is 5.98. The molecule has 1 atom stereocenters. The molecule has 0 saturated carbocycles. The summed E-state index contributed by atoms with van der Waals surface area (Å²) in [6.45, 7) is 3.41. The average molecular weight is 208 g/mol. The molecule has 0 spiro atoms. The van der Waals surface area contributed by atoms with E-state index in [0.717, 1.165) is 25.8 Å². The van der Waals surface area contributed by atoms with Gasteiger partial charge in [-0.15, -0.1) is 0 Å². The number of hydrogen-bond acceptors (Lipinski definition) is 3. The number of carbonyl (C=O) groups excluding carboxylic acids is 1. The van der Waals surface area contributed by atoms with E-state index < -0.39 is 0 Å². The molecule has 4 heteroatoms. The van der Waals surface area contributed by atoms with Gasteiger partial charge in [-0.05, 0) is 32.3 Å². The van der Waals surface area contributed by atoms with Crippen LogP contribution in [0.3, 0.4) is 0 Å². The van der Waals surface area contributed by atoms with E-state index in [2.05, 4.69) is 5.10 Å². The van der Waals surface area contributed by atoms with Gasteiger partial charge in [0.2, 0.25) is 5.78 Å². The van der Waals surface area contributed by atoms with Crippen LogP contribution in [-0.4, -0.2) is 28.3 Å². The maximum atomic E-state index is 12.1. The number of carbonyl (C=O) groups is 1. The average Bonchev–Trinajstić information content (AvgIpc) is 2.77. The van der Waals surface area contributed by atoms with Crippen LogP contribution in [0, 0.1) is 0 Å². The first-order valence-corrected chi connectivity index (χ1v) is 5.50. The molecule has 1 unspecified atom stereocenters. The summed E-state index contributed by atoms with van der Waals surface area (Å²) in [5, 5.41) is 4.09. The molecule has 0 amide bonds. The van der Waals surface area contributed by atoms with Crippen LogP contribution in [0.4, 0.5) is 0 Å². The fraction of sp³-hybridized carbons (Fsp3) is 0.636. The Kier molecular flexibility index (Phi) is 3.16. The quantitative estimate of drug-likeness (QED) is 0.709. The van der Waals surface area contributed by atoms with Crippen molar-refractivity contribution in [1.82, 2.24) is 9.78 Å². The van der Waals surface area contributed by atoms with Gasteiger partial charge >= 0.3 is 0 Å². The molecular formula is C11H16N2O2. The molecule has 4 nitrogen and oxygen atoms in total. The first-order valence-electron chi connectivity index (χ1n) is 5.50. The largest absolute Gasteiger partial charge is 0.370 e. The summed E-state index contributed by atoms with van der Waals surface area (Å²) in [6.07, 6.45) is 4.40. The monoisotopic (exact) mass is 208 g/mol. The Hall–Kier alpha value is -1.16. The number of nitrogens with zero attached hydrogens (tertiary/aromatic N) is 2. The first kappa shape index (κ1) is 10.4. The van der Waals surface area contributed by atoms with Crippen molar-refractivity contribution in [1.29, 1.82) is 0 Å². The Labute approximate surface area is 89.2 Å². The summed E-state index contributed by atoms with van der Waals surface area (Å²) < 4.78 is 7.19. The molecule has 1 aromatic heterocycles. The molecule has 1 aliphatic rings. The third kappa shape index (κ3) is 2.09. The van der Waals surface area contributed by atoms with Crippen LogP contribution in [0.2, 0.25) is 0 Å². The second-order valence-electron chi connectivity index (χ2n) is 3.75. The minimum atomic E-state index is -0.249. The molecule has 15 heavy (non-hydrogen) atoms. The lowest BCUT2D eigenvalue weighted by Crippen LogP contribution is -2.29. The van der Waals surface area contributed by atoms with Crippen LogP contribution in [0.1, 0.15) is 36.7 Å². The third-order valence-electron chi connectivity index (χ3n) is 2.74. The number of aromatic nitrogens is 2. The van der Waals surface area contributed by atoms with E-state index in [1.54, 1.807) is 16.9 Å². The van der Waals surface area contributed by atoms with Crippen molar-refractivity contribution >= 4 is 5.78 Å². The third-order valence-corrected chi connectivity index (χ3v) is 2.74. The van der Waals surface area contributed by atoms with Crippen molar-refractivity contribution < 1.29 is 9.53 Å². The molecule has 2 rings (SSSR count). The SMILES string of the molecule is CCn1nccc1C(=O)C1CCCCO1.